The summed E-state index contributed by atoms with van der Waals surface area (Å²) < 4.78 is 60.2. The number of hydrogen-bond acceptors (Lipinski definition) is 9. The first-order chi connectivity index (χ1) is 21.6. The second-order valence-corrected chi connectivity index (χ2v) is 14.9. The van der Waals surface area contributed by atoms with Gasteiger partial charge in [-0.3, -0.25) is 14.1 Å². The number of rotatable bonds is 12. The molecule has 45 heavy (non-hydrogen) atoms. The van der Waals surface area contributed by atoms with Gasteiger partial charge in [0.2, 0.25) is 0 Å². The van der Waals surface area contributed by atoms with Crippen molar-refractivity contribution in [1.29, 1.82) is 0 Å². The number of hydrogen-bond donors (Lipinski definition) is 2. The molecule has 1 aliphatic rings. The maximum absolute atomic E-state index is 13.5. The Morgan fingerprint density at radius 3 is 2.40 bits per heavy atom. The van der Waals surface area contributed by atoms with Gasteiger partial charge in [0, 0.05) is 18.7 Å². The van der Waals surface area contributed by atoms with Gasteiger partial charge in [-0.1, -0.05) is 37.8 Å². The van der Waals surface area contributed by atoms with Gasteiger partial charge in [-0.25, -0.2) is 17.9 Å². The largest absolute Gasteiger partial charge is 0.493 e. The highest BCUT2D eigenvalue weighted by molar-refractivity contribution is 7.92. The van der Waals surface area contributed by atoms with Crippen LogP contribution in [0.1, 0.15) is 75.4 Å². The number of ether oxygens (including phenoxy) is 1. The first-order valence-corrected chi connectivity index (χ1v) is 18.5. The van der Waals surface area contributed by atoms with Crippen LogP contribution in [0.5, 0.6) is 5.75 Å². The van der Waals surface area contributed by atoms with Crippen molar-refractivity contribution in [3.8, 4) is 17.1 Å². The van der Waals surface area contributed by atoms with E-state index in [4.69, 9.17) is 23.9 Å². The molecule has 0 aliphatic heterocycles. The van der Waals surface area contributed by atoms with Crippen LogP contribution in [0.2, 0.25) is 0 Å². The van der Waals surface area contributed by atoms with E-state index in [1.165, 1.54) is 32.1 Å². The number of H-pyrrole nitrogens is 1. The first kappa shape index (κ1) is 32.9. The normalized spacial score (nSPS) is 15.9. The molecule has 1 atom stereocenters. The molecule has 0 bridgehead atoms. The minimum Gasteiger partial charge on any atom is -0.493 e. The maximum atomic E-state index is 13.5. The minimum absolute atomic E-state index is 0.0428. The van der Waals surface area contributed by atoms with E-state index < -0.39 is 17.6 Å². The first-order valence-electron chi connectivity index (χ1n) is 15.2. The molecule has 0 spiro atoms. The summed E-state index contributed by atoms with van der Waals surface area (Å²) in [6.07, 6.45) is 6.56. The molecular formula is C31H40N5O7PS. The van der Waals surface area contributed by atoms with Gasteiger partial charge >= 0.3 is 7.60 Å². The average molecular weight is 658 g/mol. The van der Waals surface area contributed by atoms with Crippen molar-refractivity contribution in [2.75, 3.05) is 25.0 Å². The van der Waals surface area contributed by atoms with Crippen LogP contribution in [-0.4, -0.2) is 48.3 Å². The summed E-state index contributed by atoms with van der Waals surface area (Å²) in [5.74, 6) is 1.51. The van der Waals surface area contributed by atoms with Gasteiger partial charge < -0.3 is 18.8 Å². The summed E-state index contributed by atoms with van der Waals surface area (Å²) >= 11 is 0. The zero-order valence-corrected chi connectivity index (χ0v) is 27.7. The molecule has 0 radical (unpaired) electrons. The summed E-state index contributed by atoms with van der Waals surface area (Å²) in [5.41, 5.74) is 1.94. The lowest BCUT2D eigenvalue weighted by molar-refractivity contribution is 0.243. The van der Waals surface area contributed by atoms with Crippen LogP contribution in [-0.2, 0) is 29.8 Å². The molecule has 242 valence electrons. The SMILES string of the molecule is CCOc1ccc(S(=O)(=O)Nc2ccc(CP(=O)(OC)OCC)cc2)cc1-c1nn2c(C3CCCCCC3)nc(C)c2c(=O)[nH]1. The average Bonchev–Trinajstić information content (AvgIpc) is 3.16. The van der Waals surface area contributed by atoms with Crippen LogP contribution in [0.25, 0.3) is 16.9 Å². The molecule has 4 aromatic rings. The second-order valence-electron chi connectivity index (χ2n) is 11.1. The molecule has 1 unspecified atom stereocenters. The van der Waals surface area contributed by atoms with Crippen molar-refractivity contribution in [1.82, 2.24) is 19.6 Å². The smallest absolute Gasteiger partial charge is 0.334 e. The third-order valence-electron chi connectivity index (χ3n) is 7.92. The molecule has 14 heteroatoms. The summed E-state index contributed by atoms with van der Waals surface area (Å²) in [6.45, 7) is 5.93. The Morgan fingerprint density at radius 1 is 1.04 bits per heavy atom. The lowest BCUT2D eigenvalue weighted by Gasteiger charge is -2.16. The third-order valence-corrected chi connectivity index (χ3v) is 11.3. The molecule has 0 saturated heterocycles. The molecule has 2 aromatic carbocycles. The standard InChI is InChI=1S/C31H40N5O7PS/c1-5-42-27-18-17-25(45(39,40)35-24-15-13-22(14-16-24)20-44(38,41-4)43-6-2)19-26(27)29-33-31(37)28-21(3)32-30(36(28)34-29)23-11-9-7-8-10-12-23/h13-19,23,35H,5-12,20H2,1-4H3,(H,33,34,37). The molecule has 0 amide bonds. The Kier molecular flexibility index (Phi) is 10.1. The van der Waals surface area contributed by atoms with Gasteiger partial charge in [-0.15, -0.1) is 5.10 Å². The van der Waals surface area contributed by atoms with Gasteiger partial charge in [0.15, 0.2) is 11.3 Å². The van der Waals surface area contributed by atoms with Crippen molar-refractivity contribution < 1.29 is 26.8 Å². The number of aryl methyl sites for hydroxylation is 1. The Labute approximate surface area is 263 Å². The fourth-order valence-corrected chi connectivity index (χ4v) is 8.20. The number of nitrogens with zero attached hydrogens (tertiary/aromatic N) is 3. The van der Waals surface area contributed by atoms with Crippen molar-refractivity contribution in [2.45, 2.75) is 76.3 Å². The zero-order chi connectivity index (χ0) is 32.2. The lowest BCUT2D eigenvalue weighted by Crippen LogP contribution is -2.17. The molecule has 1 aliphatic carbocycles. The van der Waals surface area contributed by atoms with Gasteiger partial charge in [-0.05, 0) is 69.5 Å². The second kappa shape index (κ2) is 13.9. The third kappa shape index (κ3) is 7.33. The fourth-order valence-electron chi connectivity index (χ4n) is 5.73. The van der Waals surface area contributed by atoms with Gasteiger partial charge in [0.1, 0.15) is 11.6 Å². The summed E-state index contributed by atoms with van der Waals surface area (Å²) in [7, 11) is -6.02. The number of sulfonamides is 1. The highest BCUT2D eigenvalue weighted by Gasteiger charge is 2.26. The van der Waals surface area contributed by atoms with Crippen molar-refractivity contribution in [3.63, 3.8) is 0 Å². The molecule has 2 N–H and O–H groups in total. The van der Waals surface area contributed by atoms with Crippen LogP contribution < -0.4 is 15.0 Å². The monoisotopic (exact) mass is 657 g/mol. The highest BCUT2D eigenvalue weighted by atomic mass is 32.2. The molecule has 5 rings (SSSR count). The molecule has 1 saturated carbocycles. The van der Waals surface area contributed by atoms with Crippen molar-refractivity contribution >= 4 is 28.8 Å². The van der Waals surface area contributed by atoms with Crippen LogP contribution in [0.3, 0.4) is 0 Å². The molecule has 12 nitrogen and oxygen atoms in total. The summed E-state index contributed by atoms with van der Waals surface area (Å²) in [5, 5.41) is 4.80. The van der Waals surface area contributed by atoms with E-state index in [-0.39, 0.29) is 35.0 Å². The van der Waals surface area contributed by atoms with Crippen LogP contribution in [0.15, 0.2) is 52.2 Å². The summed E-state index contributed by atoms with van der Waals surface area (Å²) in [4.78, 5) is 20.9. The predicted octanol–water partition coefficient (Wildman–Crippen LogP) is 6.41. The Morgan fingerprint density at radius 2 is 1.76 bits per heavy atom. The quantitative estimate of drug-likeness (QED) is 0.130. The number of fused-ring (bicyclic) bond motifs is 1. The van der Waals surface area contributed by atoms with E-state index in [1.54, 1.807) is 48.7 Å². The number of aromatic amines is 1. The lowest BCUT2D eigenvalue weighted by atomic mass is 10.00. The van der Waals surface area contributed by atoms with Crippen molar-refractivity contribution in [3.05, 3.63) is 69.9 Å². The topological polar surface area (TPSA) is 154 Å². The van der Waals surface area contributed by atoms with Gasteiger partial charge in [0.05, 0.1) is 35.5 Å². The molecule has 2 aromatic heterocycles. The number of imidazole rings is 1. The van der Waals surface area contributed by atoms with E-state index in [1.807, 2.05) is 6.92 Å². The van der Waals surface area contributed by atoms with E-state index in [0.29, 0.717) is 40.4 Å². The van der Waals surface area contributed by atoms with E-state index >= 15 is 0 Å². The summed E-state index contributed by atoms with van der Waals surface area (Å²) in [6, 6.07) is 10.9. The predicted molar refractivity (Wildman–Crippen MR) is 173 cm³/mol. The van der Waals surface area contributed by atoms with Gasteiger partial charge in [-0.2, -0.15) is 0 Å². The molecule has 2 heterocycles. The van der Waals surface area contributed by atoms with Crippen LogP contribution >= 0.6 is 7.60 Å². The minimum atomic E-state index is -4.06. The van der Waals surface area contributed by atoms with Crippen LogP contribution in [0.4, 0.5) is 5.69 Å². The zero-order valence-electron chi connectivity index (χ0n) is 26.0. The Hall–Kier alpha value is -3.51. The van der Waals surface area contributed by atoms with Gasteiger partial charge in [0.25, 0.3) is 15.6 Å². The fraction of sp³-hybridized carbons (Fsp3) is 0.452. The molecule has 1 fully saturated rings. The number of anilines is 1. The maximum Gasteiger partial charge on any atom is 0.334 e. The van der Waals surface area contributed by atoms with E-state index in [9.17, 15) is 17.8 Å². The van der Waals surface area contributed by atoms with E-state index in [2.05, 4.69) is 9.71 Å². The van der Waals surface area contributed by atoms with Crippen LogP contribution in [0, 0.1) is 6.92 Å². The van der Waals surface area contributed by atoms with E-state index in [0.717, 1.165) is 31.5 Å². The molecular weight excluding hydrogens is 617 g/mol. The number of aromatic nitrogens is 4. The Bertz CT molecular complexity index is 1860. The Balaban J connectivity index is 1.49. The number of nitrogens with one attached hydrogen (secondary N) is 2. The van der Waals surface area contributed by atoms with Crippen molar-refractivity contribution in [2.24, 2.45) is 0 Å². The number of benzene rings is 2. The highest BCUT2D eigenvalue weighted by Crippen LogP contribution is 2.50.